The van der Waals surface area contributed by atoms with Crippen molar-refractivity contribution in [3.63, 3.8) is 0 Å². The molecule has 3 heterocycles. The lowest BCUT2D eigenvalue weighted by atomic mass is 9.90. The van der Waals surface area contributed by atoms with Gasteiger partial charge in [-0.05, 0) is 38.6 Å². The van der Waals surface area contributed by atoms with E-state index in [0.29, 0.717) is 11.8 Å². The van der Waals surface area contributed by atoms with E-state index in [1.807, 2.05) is 7.05 Å². The molecule has 2 bridgehead atoms. The number of nitrogens with zero attached hydrogens (tertiary/aromatic N) is 3. The third kappa shape index (κ3) is 2.41. The second kappa shape index (κ2) is 5.32. The molecular formula is C16H26N4. The van der Waals surface area contributed by atoms with Crippen LogP contribution in [0.5, 0.6) is 0 Å². The maximum absolute atomic E-state index is 4.86. The van der Waals surface area contributed by atoms with Crippen LogP contribution in [-0.2, 0) is 0 Å². The topological polar surface area (TPSA) is 41.1 Å². The number of hydrogen-bond acceptors (Lipinski definition) is 4. The summed E-state index contributed by atoms with van der Waals surface area (Å²) in [5, 5.41) is 3.19. The summed E-state index contributed by atoms with van der Waals surface area (Å²) in [6.45, 7) is 4.40. The molecule has 2 atom stereocenters. The molecule has 1 aromatic rings. The predicted molar refractivity (Wildman–Crippen MR) is 82.2 cm³/mol. The molecule has 0 radical (unpaired) electrons. The van der Waals surface area contributed by atoms with Gasteiger partial charge in [0.25, 0.3) is 0 Å². The lowest BCUT2D eigenvalue weighted by Crippen LogP contribution is -2.39. The first kappa shape index (κ1) is 13.8. The van der Waals surface area contributed by atoms with E-state index in [1.54, 1.807) is 0 Å². The molecule has 0 saturated carbocycles. The van der Waals surface area contributed by atoms with Crippen molar-refractivity contribution in [2.45, 2.75) is 63.5 Å². The van der Waals surface area contributed by atoms with Gasteiger partial charge in [-0.3, -0.25) is 0 Å². The molecule has 1 N–H and O–H groups in total. The normalized spacial score (nSPS) is 29.9. The quantitative estimate of drug-likeness (QED) is 0.920. The van der Waals surface area contributed by atoms with Gasteiger partial charge in [-0.15, -0.1) is 0 Å². The van der Waals surface area contributed by atoms with Crippen molar-refractivity contribution < 1.29 is 0 Å². The fraction of sp³-hybridized carbons (Fsp3) is 0.750. The average molecular weight is 274 g/mol. The molecule has 3 rings (SSSR count). The zero-order valence-corrected chi connectivity index (χ0v) is 13.1. The highest BCUT2D eigenvalue weighted by molar-refractivity contribution is 5.36. The zero-order chi connectivity index (χ0) is 14.3. The van der Waals surface area contributed by atoms with Crippen LogP contribution in [0.25, 0.3) is 0 Å². The Kier molecular flexibility index (Phi) is 3.67. The number of rotatable bonds is 3. The summed E-state index contributed by atoms with van der Waals surface area (Å²) in [6, 6.07) is 3.56. The molecule has 2 unspecified atom stereocenters. The smallest absolute Gasteiger partial charge is 0.134 e. The van der Waals surface area contributed by atoms with Crippen LogP contribution < -0.4 is 5.32 Å². The average Bonchev–Trinajstić information content (AvgIpc) is 2.68. The number of fused-ring (bicyclic) bond motifs is 2. The molecule has 2 fully saturated rings. The van der Waals surface area contributed by atoms with Crippen LogP contribution in [0.3, 0.4) is 0 Å². The van der Waals surface area contributed by atoms with E-state index in [4.69, 9.17) is 9.97 Å². The second-order valence-corrected chi connectivity index (χ2v) is 6.66. The molecule has 110 valence electrons. The first-order valence-electron chi connectivity index (χ1n) is 7.87. The molecule has 4 heteroatoms. The van der Waals surface area contributed by atoms with Gasteiger partial charge in [0.05, 0.1) is 0 Å². The van der Waals surface area contributed by atoms with Crippen LogP contribution >= 0.6 is 0 Å². The Morgan fingerprint density at radius 3 is 2.40 bits per heavy atom. The van der Waals surface area contributed by atoms with E-state index in [0.717, 1.165) is 29.4 Å². The van der Waals surface area contributed by atoms with Crippen LogP contribution in [0.4, 0.5) is 5.82 Å². The van der Waals surface area contributed by atoms with E-state index in [-0.39, 0.29) is 0 Å². The Morgan fingerprint density at radius 2 is 1.85 bits per heavy atom. The molecule has 1 aromatic heterocycles. The van der Waals surface area contributed by atoms with E-state index in [2.05, 4.69) is 37.2 Å². The highest BCUT2D eigenvalue weighted by Gasteiger charge is 2.39. The minimum atomic E-state index is 0.451. The number of hydrogen-bond donors (Lipinski definition) is 1. The molecular weight excluding hydrogens is 248 g/mol. The zero-order valence-electron chi connectivity index (χ0n) is 13.1. The Labute approximate surface area is 122 Å². The maximum atomic E-state index is 4.86. The van der Waals surface area contributed by atoms with E-state index in [1.165, 1.54) is 25.7 Å². The van der Waals surface area contributed by atoms with E-state index in [9.17, 15) is 0 Å². The van der Waals surface area contributed by atoms with Crippen molar-refractivity contribution in [2.24, 2.45) is 0 Å². The molecule has 4 nitrogen and oxygen atoms in total. The van der Waals surface area contributed by atoms with Crippen LogP contribution in [0.2, 0.25) is 0 Å². The Bertz CT molecular complexity index is 471. The lowest BCUT2D eigenvalue weighted by molar-refractivity contribution is 0.159. The first-order valence-corrected chi connectivity index (χ1v) is 7.87. The maximum Gasteiger partial charge on any atom is 0.134 e. The molecule has 0 aromatic carbocycles. The Morgan fingerprint density at radius 1 is 1.20 bits per heavy atom. The van der Waals surface area contributed by atoms with E-state index < -0.39 is 0 Å². The summed E-state index contributed by atoms with van der Waals surface area (Å²) >= 11 is 0. The number of anilines is 1. The molecule has 2 aliphatic heterocycles. The van der Waals surface area contributed by atoms with Crippen molar-refractivity contribution in [1.29, 1.82) is 0 Å². The van der Waals surface area contributed by atoms with Crippen LogP contribution in [-0.4, -0.2) is 41.0 Å². The number of nitrogens with one attached hydrogen (secondary N) is 1. The van der Waals surface area contributed by atoms with Crippen LogP contribution in [0.15, 0.2) is 6.07 Å². The largest absolute Gasteiger partial charge is 0.373 e. The van der Waals surface area contributed by atoms with E-state index >= 15 is 0 Å². The predicted octanol–water partition coefficient (Wildman–Crippen LogP) is 2.98. The Balaban J connectivity index is 1.88. The molecule has 0 aliphatic carbocycles. The third-order valence-corrected chi connectivity index (χ3v) is 5.07. The van der Waals surface area contributed by atoms with Gasteiger partial charge in [0.2, 0.25) is 0 Å². The van der Waals surface area contributed by atoms with Crippen LogP contribution in [0, 0.1) is 0 Å². The van der Waals surface area contributed by atoms with Crippen molar-refractivity contribution >= 4 is 5.82 Å². The standard InChI is InChI=1S/C16H26N4/c1-10(2)14-9-15(17-3)19-16(18-14)11-7-12-5-6-13(8-11)20(12)4/h9-13H,5-8H2,1-4H3,(H,17,18,19). The summed E-state index contributed by atoms with van der Waals surface area (Å²) in [5.74, 6) is 3.01. The summed E-state index contributed by atoms with van der Waals surface area (Å²) < 4.78 is 0. The van der Waals surface area contributed by atoms with Crippen molar-refractivity contribution in [1.82, 2.24) is 14.9 Å². The van der Waals surface area contributed by atoms with Gasteiger partial charge in [-0.1, -0.05) is 13.8 Å². The first-order chi connectivity index (χ1) is 9.58. The minimum absolute atomic E-state index is 0.451. The van der Waals surface area contributed by atoms with Gasteiger partial charge < -0.3 is 10.2 Å². The van der Waals surface area contributed by atoms with Gasteiger partial charge in [0.15, 0.2) is 0 Å². The molecule has 2 saturated heterocycles. The lowest BCUT2D eigenvalue weighted by Gasteiger charge is -2.35. The van der Waals surface area contributed by atoms with Crippen molar-refractivity contribution in [3.8, 4) is 0 Å². The van der Waals surface area contributed by atoms with Gasteiger partial charge in [0.1, 0.15) is 11.6 Å². The SMILES string of the molecule is CNc1cc(C(C)C)nc(C2CC3CCC(C2)N3C)n1. The summed E-state index contributed by atoms with van der Waals surface area (Å²) in [4.78, 5) is 12.2. The van der Waals surface area contributed by atoms with Gasteiger partial charge in [0, 0.05) is 36.8 Å². The fourth-order valence-corrected chi connectivity index (χ4v) is 3.71. The molecule has 0 spiro atoms. The number of aromatic nitrogens is 2. The fourth-order valence-electron chi connectivity index (χ4n) is 3.71. The second-order valence-electron chi connectivity index (χ2n) is 6.66. The monoisotopic (exact) mass is 274 g/mol. The Hall–Kier alpha value is -1.16. The summed E-state index contributed by atoms with van der Waals surface area (Å²) in [7, 11) is 4.22. The van der Waals surface area contributed by atoms with Gasteiger partial charge >= 0.3 is 0 Å². The highest BCUT2D eigenvalue weighted by Crippen LogP contribution is 2.41. The van der Waals surface area contributed by atoms with Crippen LogP contribution in [0.1, 0.15) is 62.9 Å². The third-order valence-electron chi connectivity index (χ3n) is 5.07. The van der Waals surface area contributed by atoms with Crippen molar-refractivity contribution in [2.75, 3.05) is 19.4 Å². The number of piperidine rings is 1. The molecule has 20 heavy (non-hydrogen) atoms. The van der Waals surface area contributed by atoms with Crippen molar-refractivity contribution in [3.05, 3.63) is 17.6 Å². The molecule has 2 aliphatic rings. The van der Waals surface area contributed by atoms with Gasteiger partial charge in [-0.2, -0.15) is 0 Å². The summed E-state index contributed by atoms with van der Waals surface area (Å²) in [6.07, 6.45) is 5.14. The minimum Gasteiger partial charge on any atom is -0.373 e. The highest BCUT2D eigenvalue weighted by atomic mass is 15.2. The van der Waals surface area contributed by atoms with Gasteiger partial charge in [-0.25, -0.2) is 9.97 Å². The molecule has 0 amide bonds. The summed E-state index contributed by atoms with van der Waals surface area (Å²) in [5.41, 5.74) is 1.16.